The van der Waals surface area contributed by atoms with Crippen LogP contribution in [-0.2, 0) is 33.3 Å². The Morgan fingerprint density at radius 3 is 2.22 bits per heavy atom. The molecule has 0 spiro atoms. The number of benzene rings is 1. The first-order chi connectivity index (χ1) is 12.7. The lowest BCUT2D eigenvalue weighted by Gasteiger charge is -2.39. The van der Waals surface area contributed by atoms with Crippen LogP contribution in [0, 0.1) is 6.92 Å². The molecule has 2 fully saturated rings. The van der Waals surface area contributed by atoms with Crippen LogP contribution >= 0.6 is 11.8 Å². The second-order valence-corrected chi connectivity index (χ2v) is 8.25. The van der Waals surface area contributed by atoms with E-state index in [1.54, 1.807) is 13.8 Å². The van der Waals surface area contributed by atoms with Gasteiger partial charge < -0.3 is 23.7 Å². The van der Waals surface area contributed by atoms with Gasteiger partial charge in [0.05, 0.1) is 6.10 Å². The van der Waals surface area contributed by atoms with Crippen LogP contribution in [-0.4, -0.2) is 47.8 Å². The molecule has 1 aromatic carbocycles. The summed E-state index contributed by atoms with van der Waals surface area (Å²) in [5.74, 6) is -0.977. The molecule has 0 aromatic heterocycles. The van der Waals surface area contributed by atoms with Crippen LogP contribution in [0.25, 0.3) is 0 Å². The van der Waals surface area contributed by atoms with Crippen molar-refractivity contribution in [1.82, 2.24) is 0 Å². The van der Waals surface area contributed by atoms with E-state index in [9.17, 15) is 9.59 Å². The van der Waals surface area contributed by atoms with Crippen LogP contribution in [0.15, 0.2) is 29.2 Å². The molecule has 0 radical (unpaired) electrons. The summed E-state index contributed by atoms with van der Waals surface area (Å²) in [6, 6.07) is 7.97. The molecule has 0 saturated carbocycles. The normalized spacial score (nSPS) is 35.4. The SMILES string of the molecule is CC(=O)O[C@@H]1[C@@H](OC(C)=O)[C@H](C)O[C@@H]2O[C@@](C)(Sc3ccc(C)cc3)O[C@@H]21. The number of thioether (sulfide) groups is 1. The van der Waals surface area contributed by atoms with Crippen molar-refractivity contribution in [2.45, 2.75) is 75.3 Å². The molecule has 0 amide bonds. The number of fused-ring (bicyclic) bond motifs is 1. The van der Waals surface area contributed by atoms with Crippen LogP contribution < -0.4 is 0 Å². The van der Waals surface area contributed by atoms with Gasteiger partial charge in [0.15, 0.2) is 24.6 Å². The highest BCUT2D eigenvalue weighted by atomic mass is 32.2. The zero-order valence-corrected chi connectivity index (χ0v) is 16.8. The minimum atomic E-state index is -1.03. The Morgan fingerprint density at radius 1 is 1.04 bits per heavy atom. The molecule has 0 N–H and O–H groups in total. The summed E-state index contributed by atoms with van der Waals surface area (Å²) in [7, 11) is 0. The van der Waals surface area contributed by atoms with E-state index in [2.05, 4.69) is 0 Å². The van der Waals surface area contributed by atoms with E-state index in [1.165, 1.54) is 25.6 Å². The Morgan fingerprint density at radius 2 is 1.63 bits per heavy atom. The average Bonchev–Trinajstić information content (AvgIpc) is 2.88. The molecular weight excluding hydrogens is 372 g/mol. The van der Waals surface area contributed by atoms with E-state index in [0.29, 0.717) is 0 Å². The lowest BCUT2D eigenvalue weighted by Crippen LogP contribution is -2.58. The maximum absolute atomic E-state index is 11.6. The first kappa shape index (κ1) is 20.1. The number of aryl methyl sites for hydroxylation is 1. The third-order valence-corrected chi connectivity index (χ3v) is 5.41. The number of carbonyl (C=O) groups excluding carboxylic acids is 2. The van der Waals surface area contributed by atoms with Crippen LogP contribution in [0.2, 0.25) is 0 Å². The highest BCUT2D eigenvalue weighted by molar-refractivity contribution is 8.00. The number of carbonyl (C=O) groups is 2. The smallest absolute Gasteiger partial charge is 0.303 e. The second kappa shape index (κ2) is 7.79. The fourth-order valence-electron chi connectivity index (χ4n) is 3.23. The van der Waals surface area contributed by atoms with E-state index in [1.807, 2.05) is 31.2 Å². The Kier molecular flexibility index (Phi) is 5.81. The summed E-state index contributed by atoms with van der Waals surface area (Å²) in [6.45, 7) is 8.15. The van der Waals surface area contributed by atoms with E-state index < -0.39 is 47.8 Å². The van der Waals surface area contributed by atoms with Crippen LogP contribution in [0.1, 0.15) is 33.3 Å². The molecule has 2 saturated heterocycles. The molecule has 148 valence electrons. The van der Waals surface area contributed by atoms with Crippen molar-refractivity contribution in [3.05, 3.63) is 29.8 Å². The van der Waals surface area contributed by atoms with Gasteiger partial charge in [0.25, 0.3) is 0 Å². The molecule has 0 unspecified atom stereocenters. The fourth-order valence-corrected chi connectivity index (χ4v) is 4.23. The van der Waals surface area contributed by atoms with Gasteiger partial charge in [-0.2, -0.15) is 0 Å². The van der Waals surface area contributed by atoms with Crippen molar-refractivity contribution in [2.24, 2.45) is 0 Å². The fraction of sp³-hybridized carbons (Fsp3) is 0.579. The topological polar surface area (TPSA) is 80.3 Å². The average molecular weight is 396 g/mol. The first-order valence-corrected chi connectivity index (χ1v) is 9.60. The van der Waals surface area contributed by atoms with E-state index in [0.717, 1.165) is 10.5 Å². The minimum Gasteiger partial charge on any atom is -0.456 e. The number of hydrogen-bond acceptors (Lipinski definition) is 8. The Labute approximate surface area is 162 Å². The van der Waals surface area contributed by atoms with Crippen LogP contribution in [0.3, 0.4) is 0 Å². The summed E-state index contributed by atoms with van der Waals surface area (Å²) in [4.78, 5) is 24.1. The Bertz CT molecular complexity index is 707. The summed E-state index contributed by atoms with van der Waals surface area (Å²) < 4.78 is 28.8. The van der Waals surface area contributed by atoms with E-state index >= 15 is 0 Å². The van der Waals surface area contributed by atoms with Gasteiger partial charge in [-0.3, -0.25) is 9.59 Å². The van der Waals surface area contributed by atoms with Gasteiger partial charge in [-0.25, -0.2) is 0 Å². The molecule has 27 heavy (non-hydrogen) atoms. The maximum atomic E-state index is 11.6. The molecule has 1 aromatic rings. The van der Waals surface area contributed by atoms with E-state index in [-0.39, 0.29) is 0 Å². The van der Waals surface area contributed by atoms with Gasteiger partial charge in [-0.15, -0.1) is 0 Å². The standard InChI is InChI=1S/C19H24O7S/c1-10-6-8-14(9-7-10)27-19(5)25-17-16(24-13(4)21)15(23-12(3)20)11(2)22-18(17)26-19/h6-9,11,15-18H,1-5H3/t11-,15-,16+,17+,18+,19-/m0/s1. The number of hydrogen-bond donors (Lipinski definition) is 0. The van der Waals surface area contributed by atoms with Crippen LogP contribution in [0.5, 0.6) is 0 Å². The van der Waals surface area contributed by atoms with Gasteiger partial charge in [0, 0.05) is 25.7 Å². The van der Waals surface area contributed by atoms with Gasteiger partial charge in [0.2, 0.25) is 5.12 Å². The lowest BCUT2D eigenvalue weighted by atomic mass is 9.99. The molecular formula is C19H24O7S. The molecule has 2 aliphatic rings. The summed E-state index contributed by atoms with van der Waals surface area (Å²) in [6.07, 6.45) is -3.56. The third kappa shape index (κ3) is 4.63. The minimum absolute atomic E-state index is 0.484. The quantitative estimate of drug-likeness (QED) is 0.719. The molecule has 3 rings (SSSR count). The number of esters is 2. The molecule has 2 heterocycles. The third-order valence-electron chi connectivity index (χ3n) is 4.34. The van der Waals surface area contributed by atoms with Crippen molar-refractivity contribution < 1.29 is 33.3 Å². The largest absolute Gasteiger partial charge is 0.456 e. The monoisotopic (exact) mass is 396 g/mol. The van der Waals surface area contributed by atoms with Gasteiger partial charge in [0.1, 0.15) is 0 Å². The zero-order chi connectivity index (χ0) is 19.8. The van der Waals surface area contributed by atoms with Gasteiger partial charge >= 0.3 is 11.9 Å². The Hall–Kier alpha value is -1.61. The molecule has 8 heteroatoms. The summed E-state index contributed by atoms with van der Waals surface area (Å²) in [5.41, 5.74) is 1.16. The molecule has 0 aliphatic carbocycles. The lowest BCUT2D eigenvalue weighted by molar-refractivity contribution is -0.253. The van der Waals surface area contributed by atoms with Crippen molar-refractivity contribution in [1.29, 1.82) is 0 Å². The predicted molar refractivity (Wildman–Crippen MR) is 96.8 cm³/mol. The summed E-state index contributed by atoms with van der Waals surface area (Å²) in [5, 5.41) is -1.03. The van der Waals surface area contributed by atoms with Crippen LogP contribution in [0.4, 0.5) is 0 Å². The van der Waals surface area contributed by atoms with E-state index in [4.69, 9.17) is 23.7 Å². The molecule has 7 nitrogen and oxygen atoms in total. The number of rotatable bonds is 4. The van der Waals surface area contributed by atoms with Gasteiger partial charge in [-0.1, -0.05) is 29.5 Å². The molecule has 2 aliphatic heterocycles. The highest BCUT2D eigenvalue weighted by Crippen LogP contribution is 2.46. The van der Waals surface area contributed by atoms with Gasteiger partial charge in [-0.05, 0) is 26.0 Å². The Balaban J connectivity index is 1.81. The molecule has 0 bridgehead atoms. The summed E-state index contributed by atoms with van der Waals surface area (Å²) >= 11 is 1.39. The zero-order valence-electron chi connectivity index (χ0n) is 16.0. The second-order valence-electron chi connectivity index (χ2n) is 6.84. The predicted octanol–water partition coefficient (Wildman–Crippen LogP) is 2.78. The molecule has 6 atom stereocenters. The number of ether oxygens (including phenoxy) is 5. The van der Waals surface area contributed by atoms with Crippen molar-refractivity contribution >= 4 is 23.7 Å². The van der Waals surface area contributed by atoms with Crippen molar-refractivity contribution in [3.8, 4) is 0 Å². The highest BCUT2D eigenvalue weighted by Gasteiger charge is 2.58. The first-order valence-electron chi connectivity index (χ1n) is 8.78. The van der Waals surface area contributed by atoms with Crippen molar-refractivity contribution in [2.75, 3.05) is 0 Å². The maximum Gasteiger partial charge on any atom is 0.303 e. The van der Waals surface area contributed by atoms with Crippen molar-refractivity contribution in [3.63, 3.8) is 0 Å².